The van der Waals surface area contributed by atoms with Gasteiger partial charge in [0.15, 0.2) is 0 Å². The fraction of sp³-hybridized carbons (Fsp3) is 0.481. The number of amides is 1. The molecule has 0 spiro atoms. The molecule has 2 aromatic carbocycles. The Morgan fingerprint density at radius 3 is 2.46 bits per heavy atom. The van der Waals surface area contributed by atoms with Crippen LogP contribution in [0.2, 0.25) is 0 Å². The first-order valence-electron chi connectivity index (χ1n) is 12.0. The number of nitrogens with zero attached hydrogens (tertiary/aromatic N) is 3. The summed E-state index contributed by atoms with van der Waals surface area (Å²) in [7, 11) is 5.92. The first-order chi connectivity index (χ1) is 16.6. The van der Waals surface area contributed by atoms with Crippen molar-refractivity contribution in [1.82, 2.24) is 9.80 Å². The second-order valence-corrected chi connectivity index (χ2v) is 9.77. The third-order valence-electron chi connectivity index (χ3n) is 6.56. The van der Waals surface area contributed by atoms with E-state index in [1.54, 1.807) is 17.0 Å². The van der Waals surface area contributed by atoms with E-state index in [-0.39, 0.29) is 42.6 Å². The van der Waals surface area contributed by atoms with Crippen LogP contribution in [0.15, 0.2) is 42.5 Å². The highest BCUT2D eigenvalue weighted by molar-refractivity contribution is 5.87. The highest BCUT2D eigenvalue weighted by Gasteiger charge is 2.31. The van der Waals surface area contributed by atoms with Gasteiger partial charge >= 0.3 is 5.97 Å². The maximum absolute atomic E-state index is 13.2. The number of aliphatic hydroxyl groups is 1. The SMILES string of the molecule is C[C@H]1CN([C@@H](C)CO)C(=O)Cc2cc(N(C)C)ccc2O[C@@H]1CN(C)Cc1ccc(C(=O)O)cc1. The molecule has 0 aliphatic carbocycles. The maximum atomic E-state index is 13.2. The molecule has 0 fully saturated rings. The number of aromatic carboxylic acids is 1. The van der Waals surface area contributed by atoms with Crippen LogP contribution in [-0.4, -0.2) is 84.9 Å². The molecule has 1 aliphatic heterocycles. The van der Waals surface area contributed by atoms with Crippen LogP contribution >= 0.6 is 0 Å². The Morgan fingerprint density at radius 1 is 1.17 bits per heavy atom. The van der Waals surface area contributed by atoms with Gasteiger partial charge in [-0.25, -0.2) is 4.79 Å². The van der Waals surface area contributed by atoms with Crippen molar-refractivity contribution in [1.29, 1.82) is 0 Å². The van der Waals surface area contributed by atoms with Crippen molar-refractivity contribution in [3.8, 4) is 5.75 Å². The number of carbonyl (C=O) groups is 2. The van der Waals surface area contributed by atoms with Crippen molar-refractivity contribution in [2.24, 2.45) is 5.92 Å². The van der Waals surface area contributed by atoms with Crippen LogP contribution in [0.25, 0.3) is 0 Å². The van der Waals surface area contributed by atoms with Crippen LogP contribution in [0.1, 0.15) is 35.3 Å². The summed E-state index contributed by atoms with van der Waals surface area (Å²) in [5.41, 5.74) is 3.10. The van der Waals surface area contributed by atoms with E-state index in [0.29, 0.717) is 25.4 Å². The first kappa shape index (κ1) is 26.5. The summed E-state index contributed by atoms with van der Waals surface area (Å²) in [6, 6.07) is 12.5. The molecular formula is C27H37N3O5. The topological polar surface area (TPSA) is 93.6 Å². The third-order valence-corrected chi connectivity index (χ3v) is 6.56. The van der Waals surface area contributed by atoms with Crippen LogP contribution in [0.4, 0.5) is 5.69 Å². The molecule has 1 amide bonds. The first-order valence-corrected chi connectivity index (χ1v) is 12.0. The number of hydrogen-bond acceptors (Lipinski definition) is 6. The van der Waals surface area contributed by atoms with Crippen LogP contribution < -0.4 is 9.64 Å². The van der Waals surface area contributed by atoms with E-state index < -0.39 is 5.97 Å². The lowest BCUT2D eigenvalue weighted by Gasteiger charge is -2.34. The van der Waals surface area contributed by atoms with Gasteiger partial charge in [-0.05, 0) is 49.9 Å². The fourth-order valence-corrected chi connectivity index (χ4v) is 4.35. The van der Waals surface area contributed by atoms with Gasteiger partial charge < -0.3 is 24.7 Å². The second kappa shape index (κ2) is 11.6. The van der Waals surface area contributed by atoms with E-state index >= 15 is 0 Å². The molecule has 2 aromatic rings. The standard InChI is InChI=1S/C27H37N3O5/c1-18-14-30(19(2)17-31)26(32)13-22-12-23(28(3)4)10-11-24(22)35-25(18)16-29(5)15-20-6-8-21(9-7-20)27(33)34/h6-12,18-19,25,31H,13-17H2,1-5H3,(H,33,34)/t18-,19-,25+/m0/s1. The van der Waals surface area contributed by atoms with E-state index in [9.17, 15) is 14.7 Å². The maximum Gasteiger partial charge on any atom is 0.335 e. The van der Waals surface area contributed by atoms with Gasteiger partial charge in [-0.2, -0.15) is 0 Å². The normalized spacial score (nSPS) is 19.3. The molecule has 8 heteroatoms. The zero-order chi connectivity index (χ0) is 25.7. The lowest BCUT2D eigenvalue weighted by atomic mass is 10.0. The molecule has 0 bridgehead atoms. The summed E-state index contributed by atoms with van der Waals surface area (Å²) in [6.07, 6.45) is 0.0218. The number of aliphatic hydroxyl groups excluding tert-OH is 1. The number of carboxylic acid groups (broad SMARTS) is 1. The summed E-state index contributed by atoms with van der Waals surface area (Å²) in [4.78, 5) is 30.3. The average Bonchev–Trinajstić information content (AvgIpc) is 2.86. The summed E-state index contributed by atoms with van der Waals surface area (Å²) < 4.78 is 6.55. The summed E-state index contributed by atoms with van der Waals surface area (Å²) in [6.45, 7) is 5.58. The molecule has 0 aromatic heterocycles. The van der Waals surface area contributed by atoms with E-state index in [1.807, 2.05) is 63.3 Å². The Bertz CT molecular complexity index is 1020. The smallest absolute Gasteiger partial charge is 0.335 e. The quantitative estimate of drug-likeness (QED) is 0.596. The van der Waals surface area contributed by atoms with Crippen molar-refractivity contribution in [2.45, 2.75) is 39.0 Å². The van der Waals surface area contributed by atoms with E-state index in [2.05, 4.69) is 11.8 Å². The highest BCUT2D eigenvalue weighted by atomic mass is 16.5. The van der Waals surface area contributed by atoms with Gasteiger partial charge in [0, 0.05) is 50.9 Å². The second-order valence-electron chi connectivity index (χ2n) is 9.77. The van der Waals surface area contributed by atoms with Gasteiger partial charge in [0.1, 0.15) is 11.9 Å². The molecular weight excluding hydrogens is 446 g/mol. The molecule has 1 heterocycles. The molecule has 2 N–H and O–H groups in total. The van der Waals surface area contributed by atoms with Gasteiger partial charge in [-0.3, -0.25) is 9.69 Å². The molecule has 0 unspecified atom stereocenters. The number of fused-ring (bicyclic) bond motifs is 1. The number of rotatable bonds is 8. The molecule has 190 valence electrons. The number of likely N-dealkylation sites (N-methyl/N-ethyl adjacent to an activating group) is 1. The zero-order valence-electron chi connectivity index (χ0n) is 21.3. The van der Waals surface area contributed by atoms with Gasteiger partial charge in [-0.1, -0.05) is 19.1 Å². The monoisotopic (exact) mass is 483 g/mol. The minimum Gasteiger partial charge on any atom is -0.488 e. The predicted octanol–water partition coefficient (Wildman–Crippen LogP) is 2.73. The van der Waals surface area contributed by atoms with Gasteiger partial charge in [0.25, 0.3) is 0 Å². The molecule has 1 aliphatic rings. The van der Waals surface area contributed by atoms with E-state index in [0.717, 1.165) is 16.8 Å². The fourth-order valence-electron chi connectivity index (χ4n) is 4.35. The third kappa shape index (κ3) is 6.74. The summed E-state index contributed by atoms with van der Waals surface area (Å²) >= 11 is 0. The number of hydrogen-bond donors (Lipinski definition) is 2. The van der Waals surface area contributed by atoms with Gasteiger partial charge in [0.05, 0.1) is 24.6 Å². The Kier molecular flexibility index (Phi) is 8.75. The number of ether oxygens (including phenoxy) is 1. The van der Waals surface area contributed by atoms with E-state index in [4.69, 9.17) is 9.84 Å². The van der Waals surface area contributed by atoms with Crippen LogP contribution in [0.3, 0.4) is 0 Å². The van der Waals surface area contributed by atoms with E-state index in [1.165, 1.54) is 0 Å². The van der Waals surface area contributed by atoms with Gasteiger partial charge in [0.2, 0.25) is 5.91 Å². The van der Waals surface area contributed by atoms with Gasteiger partial charge in [-0.15, -0.1) is 0 Å². The Morgan fingerprint density at radius 2 is 1.86 bits per heavy atom. The zero-order valence-corrected chi connectivity index (χ0v) is 21.3. The van der Waals surface area contributed by atoms with Crippen molar-refractivity contribution < 1.29 is 24.5 Å². The largest absolute Gasteiger partial charge is 0.488 e. The van der Waals surface area contributed by atoms with Crippen LogP contribution in [0, 0.1) is 5.92 Å². The Hall–Kier alpha value is -3.10. The molecule has 3 rings (SSSR count). The molecule has 3 atom stereocenters. The molecule has 35 heavy (non-hydrogen) atoms. The van der Waals surface area contributed by atoms with Crippen molar-refractivity contribution >= 4 is 17.6 Å². The predicted molar refractivity (Wildman–Crippen MR) is 136 cm³/mol. The summed E-state index contributed by atoms with van der Waals surface area (Å²) in [5.74, 6) is -0.237. The lowest BCUT2D eigenvalue weighted by Crippen LogP contribution is -2.47. The van der Waals surface area contributed by atoms with Crippen molar-refractivity contribution in [2.75, 3.05) is 45.7 Å². The molecule has 0 saturated carbocycles. The Balaban J connectivity index is 1.86. The average molecular weight is 484 g/mol. The van der Waals surface area contributed by atoms with Crippen molar-refractivity contribution in [3.63, 3.8) is 0 Å². The Labute approximate surface area is 207 Å². The molecule has 0 saturated heterocycles. The summed E-state index contributed by atoms with van der Waals surface area (Å²) in [5, 5.41) is 18.9. The minimum atomic E-state index is -0.940. The van der Waals surface area contributed by atoms with Crippen molar-refractivity contribution in [3.05, 3.63) is 59.2 Å². The molecule has 8 nitrogen and oxygen atoms in total. The highest BCUT2D eigenvalue weighted by Crippen LogP contribution is 2.30. The number of anilines is 1. The van der Waals surface area contributed by atoms with Crippen LogP contribution in [0.5, 0.6) is 5.75 Å². The number of benzene rings is 2. The number of carbonyl (C=O) groups excluding carboxylic acids is 1. The molecule has 0 radical (unpaired) electrons. The number of carboxylic acids is 1. The lowest BCUT2D eigenvalue weighted by molar-refractivity contribution is -0.134. The van der Waals surface area contributed by atoms with Crippen LogP contribution in [-0.2, 0) is 17.8 Å². The minimum absolute atomic E-state index is 0.0178.